The molecule has 0 aromatic carbocycles. The van der Waals surface area contributed by atoms with Crippen molar-refractivity contribution in [1.29, 1.82) is 0 Å². The van der Waals surface area contributed by atoms with Crippen LogP contribution in [0.15, 0.2) is 5.16 Å². The summed E-state index contributed by atoms with van der Waals surface area (Å²) in [6.07, 6.45) is 8.44. The van der Waals surface area contributed by atoms with Crippen molar-refractivity contribution in [2.24, 2.45) is 11.1 Å². The lowest BCUT2D eigenvalue weighted by Gasteiger charge is -2.05. The van der Waals surface area contributed by atoms with E-state index in [0.29, 0.717) is 12.5 Å². The molecular weight excluding hydrogens is 166 g/mol. The number of rotatable bonds is 3. The van der Waals surface area contributed by atoms with Gasteiger partial charge < -0.3 is 9.57 Å². The number of oxime groups is 1. The summed E-state index contributed by atoms with van der Waals surface area (Å²) in [5.74, 6) is 0.669. The molecule has 1 saturated heterocycles. The molecule has 1 unspecified atom stereocenters. The fraction of sp³-hybridized carbons (Fsp3) is 0.900. The van der Waals surface area contributed by atoms with Gasteiger partial charge in [0.25, 0.3) is 0 Å². The van der Waals surface area contributed by atoms with E-state index < -0.39 is 0 Å². The van der Waals surface area contributed by atoms with Gasteiger partial charge in [-0.25, -0.2) is 0 Å². The molecule has 3 nitrogen and oxygen atoms in total. The van der Waals surface area contributed by atoms with Crippen molar-refractivity contribution >= 4 is 6.21 Å². The van der Waals surface area contributed by atoms with Crippen molar-refractivity contribution in [3.63, 3.8) is 0 Å². The molecule has 1 aliphatic heterocycles. The molecule has 0 bridgehead atoms. The summed E-state index contributed by atoms with van der Waals surface area (Å²) in [5.41, 5.74) is 0. The third kappa shape index (κ3) is 2.69. The predicted molar refractivity (Wildman–Crippen MR) is 50.8 cm³/mol. The first kappa shape index (κ1) is 9.00. The number of hydrogen-bond acceptors (Lipinski definition) is 3. The highest BCUT2D eigenvalue weighted by Crippen LogP contribution is 2.22. The second kappa shape index (κ2) is 4.61. The Morgan fingerprint density at radius 3 is 2.77 bits per heavy atom. The van der Waals surface area contributed by atoms with Crippen LogP contribution < -0.4 is 0 Å². The van der Waals surface area contributed by atoms with E-state index in [1.807, 2.05) is 6.21 Å². The number of nitrogens with zero attached hydrogens (tertiary/aromatic N) is 1. The SMILES string of the molecule is C(=N\OC1CCOC1)/C1CCCC1. The predicted octanol–water partition coefficient (Wildman–Crippen LogP) is 1.97. The van der Waals surface area contributed by atoms with Crippen molar-refractivity contribution in [2.45, 2.75) is 38.2 Å². The topological polar surface area (TPSA) is 30.8 Å². The van der Waals surface area contributed by atoms with Gasteiger partial charge in [-0.15, -0.1) is 0 Å². The lowest BCUT2D eigenvalue weighted by Crippen LogP contribution is -2.09. The highest BCUT2D eigenvalue weighted by Gasteiger charge is 2.17. The van der Waals surface area contributed by atoms with Crippen LogP contribution in [0.5, 0.6) is 0 Å². The largest absolute Gasteiger partial charge is 0.390 e. The van der Waals surface area contributed by atoms with Crippen LogP contribution in [0, 0.1) is 5.92 Å². The molecule has 1 heterocycles. The molecule has 0 N–H and O–H groups in total. The summed E-state index contributed by atoms with van der Waals surface area (Å²) < 4.78 is 5.18. The zero-order valence-electron chi connectivity index (χ0n) is 7.95. The fourth-order valence-electron chi connectivity index (χ4n) is 1.91. The first-order chi connectivity index (χ1) is 6.45. The molecule has 0 aromatic rings. The van der Waals surface area contributed by atoms with Crippen LogP contribution in [-0.2, 0) is 9.57 Å². The minimum Gasteiger partial charge on any atom is -0.390 e. The number of hydrogen-bond donors (Lipinski definition) is 0. The summed E-state index contributed by atoms with van der Waals surface area (Å²) in [6.45, 7) is 1.53. The third-order valence-corrected chi connectivity index (χ3v) is 2.77. The second-order valence-electron chi connectivity index (χ2n) is 3.89. The van der Waals surface area contributed by atoms with E-state index in [1.165, 1.54) is 25.7 Å². The Kier molecular flexibility index (Phi) is 3.19. The van der Waals surface area contributed by atoms with Gasteiger partial charge in [-0.2, -0.15) is 0 Å². The van der Waals surface area contributed by atoms with Crippen LogP contribution in [0.2, 0.25) is 0 Å². The van der Waals surface area contributed by atoms with E-state index in [1.54, 1.807) is 0 Å². The Bertz CT molecular complexity index is 170. The van der Waals surface area contributed by atoms with E-state index in [2.05, 4.69) is 5.16 Å². The standard InChI is InChI=1S/C10H17NO2/c1-2-4-9(3-1)7-11-13-10-5-6-12-8-10/h7,9-10H,1-6,8H2/b11-7+. The van der Waals surface area contributed by atoms with Crippen molar-refractivity contribution in [1.82, 2.24) is 0 Å². The monoisotopic (exact) mass is 183 g/mol. The van der Waals surface area contributed by atoms with Gasteiger partial charge in [0, 0.05) is 12.6 Å². The van der Waals surface area contributed by atoms with E-state index in [9.17, 15) is 0 Å². The highest BCUT2D eigenvalue weighted by molar-refractivity contribution is 5.60. The van der Waals surface area contributed by atoms with Crippen LogP contribution in [0.4, 0.5) is 0 Å². The summed E-state index contributed by atoms with van der Waals surface area (Å²) in [6, 6.07) is 0. The smallest absolute Gasteiger partial charge is 0.152 e. The van der Waals surface area contributed by atoms with Gasteiger partial charge in [0.05, 0.1) is 13.2 Å². The molecule has 2 aliphatic rings. The Labute approximate surface area is 79.1 Å². The fourth-order valence-corrected chi connectivity index (χ4v) is 1.91. The Balaban J connectivity index is 1.65. The van der Waals surface area contributed by atoms with Crippen LogP contribution in [0.25, 0.3) is 0 Å². The maximum absolute atomic E-state index is 5.31. The van der Waals surface area contributed by atoms with E-state index >= 15 is 0 Å². The molecule has 0 amide bonds. The summed E-state index contributed by atoms with van der Waals surface area (Å²) >= 11 is 0. The van der Waals surface area contributed by atoms with Crippen molar-refractivity contribution in [2.75, 3.05) is 13.2 Å². The van der Waals surface area contributed by atoms with Crippen LogP contribution in [0.1, 0.15) is 32.1 Å². The van der Waals surface area contributed by atoms with Gasteiger partial charge in [0.15, 0.2) is 6.10 Å². The van der Waals surface area contributed by atoms with Crippen LogP contribution >= 0.6 is 0 Å². The second-order valence-corrected chi connectivity index (χ2v) is 3.89. The van der Waals surface area contributed by atoms with E-state index in [4.69, 9.17) is 9.57 Å². The van der Waals surface area contributed by atoms with E-state index in [-0.39, 0.29) is 6.10 Å². The van der Waals surface area contributed by atoms with Gasteiger partial charge in [0.1, 0.15) is 0 Å². The summed E-state index contributed by atoms with van der Waals surface area (Å²) in [4.78, 5) is 5.31. The molecule has 0 aromatic heterocycles. The Morgan fingerprint density at radius 1 is 1.23 bits per heavy atom. The van der Waals surface area contributed by atoms with Crippen LogP contribution in [-0.4, -0.2) is 25.5 Å². The minimum absolute atomic E-state index is 0.206. The highest BCUT2D eigenvalue weighted by atomic mass is 16.7. The molecule has 0 radical (unpaired) electrons. The average molecular weight is 183 g/mol. The molecule has 2 rings (SSSR count). The lowest BCUT2D eigenvalue weighted by molar-refractivity contribution is 0.0476. The van der Waals surface area contributed by atoms with Crippen molar-refractivity contribution in [3.05, 3.63) is 0 Å². The lowest BCUT2D eigenvalue weighted by atomic mass is 10.1. The van der Waals surface area contributed by atoms with Gasteiger partial charge in [-0.3, -0.25) is 0 Å². The summed E-state index contributed by atoms with van der Waals surface area (Å²) in [5, 5.41) is 4.03. The van der Waals surface area contributed by atoms with Crippen molar-refractivity contribution < 1.29 is 9.57 Å². The number of ether oxygens (including phenoxy) is 1. The molecule has 0 spiro atoms. The summed E-state index contributed by atoms with van der Waals surface area (Å²) in [7, 11) is 0. The zero-order valence-corrected chi connectivity index (χ0v) is 7.95. The maximum atomic E-state index is 5.31. The zero-order chi connectivity index (χ0) is 8.93. The van der Waals surface area contributed by atoms with Crippen molar-refractivity contribution in [3.8, 4) is 0 Å². The Hall–Kier alpha value is -0.570. The first-order valence-electron chi connectivity index (χ1n) is 5.22. The molecule has 1 atom stereocenters. The molecule has 3 heteroatoms. The van der Waals surface area contributed by atoms with Gasteiger partial charge in [-0.1, -0.05) is 18.0 Å². The minimum atomic E-state index is 0.206. The quantitative estimate of drug-likeness (QED) is 0.494. The molecule has 2 fully saturated rings. The first-order valence-corrected chi connectivity index (χ1v) is 5.22. The normalized spacial score (nSPS) is 30.3. The van der Waals surface area contributed by atoms with Gasteiger partial charge in [-0.05, 0) is 18.8 Å². The van der Waals surface area contributed by atoms with Gasteiger partial charge >= 0.3 is 0 Å². The van der Waals surface area contributed by atoms with Crippen LogP contribution in [0.3, 0.4) is 0 Å². The van der Waals surface area contributed by atoms with Gasteiger partial charge in [0.2, 0.25) is 0 Å². The molecular formula is C10H17NO2. The molecule has 13 heavy (non-hydrogen) atoms. The molecule has 1 aliphatic carbocycles. The van der Waals surface area contributed by atoms with E-state index in [0.717, 1.165) is 13.0 Å². The Morgan fingerprint density at radius 2 is 2.08 bits per heavy atom. The molecule has 1 saturated carbocycles. The third-order valence-electron chi connectivity index (χ3n) is 2.77. The molecule has 74 valence electrons. The average Bonchev–Trinajstić information content (AvgIpc) is 2.75. The maximum Gasteiger partial charge on any atom is 0.152 e.